The lowest BCUT2D eigenvalue weighted by atomic mass is 9.79. The number of hydrogen-bond donors (Lipinski definition) is 1. The van der Waals surface area contributed by atoms with Crippen LogP contribution in [0.4, 0.5) is 11.4 Å². The molecule has 1 unspecified atom stereocenters. The summed E-state index contributed by atoms with van der Waals surface area (Å²) in [6.45, 7) is 1.50. The molecule has 2 amide bonds. The van der Waals surface area contributed by atoms with Gasteiger partial charge < -0.3 is 5.32 Å². The van der Waals surface area contributed by atoms with Gasteiger partial charge >= 0.3 is 0 Å². The van der Waals surface area contributed by atoms with Crippen molar-refractivity contribution in [2.24, 2.45) is 11.0 Å². The summed E-state index contributed by atoms with van der Waals surface area (Å²) in [5.41, 5.74) is 4.74. The number of carbonyl (C=O) groups is 2. The van der Waals surface area contributed by atoms with Crippen molar-refractivity contribution in [2.45, 2.75) is 26.2 Å². The van der Waals surface area contributed by atoms with Crippen molar-refractivity contribution >= 4 is 28.9 Å². The summed E-state index contributed by atoms with van der Waals surface area (Å²) >= 11 is 0. The van der Waals surface area contributed by atoms with Gasteiger partial charge in [-0.1, -0.05) is 24.3 Å². The molecule has 2 aromatic carbocycles. The monoisotopic (exact) mass is 333 g/mol. The number of hydrazone groups is 1. The van der Waals surface area contributed by atoms with E-state index in [2.05, 4.69) is 5.32 Å². The van der Waals surface area contributed by atoms with Crippen molar-refractivity contribution in [1.29, 1.82) is 0 Å². The Morgan fingerprint density at radius 3 is 2.76 bits per heavy atom. The van der Waals surface area contributed by atoms with Gasteiger partial charge in [0.25, 0.3) is 0 Å². The topological polar surface area (TPSA) is 61.8 Å². The summed E-state index contributed by atoms with van der Waals surface area (Å²) < 4.78 is 0. The maximum absolute atomic E-state index is 12.5. The zero-order valence-electron chi connectivity index (χ0n) is 14.0. The summed E-state index contributed by atoms with van der Waals surface area (Å²) in [4.78, 5) is 23.9. The van der Waals surface area contributed by atoms with Crippen LogP contribution < -0.4 is 10.3 Å². The molecule has 5 heteroatoms. The Balaban J connectivity index is 1.78. The third-order valence-electron chi connectivity index (χ3n) is 4.72. The molecule has 2 aromatic rings. The van der Waals surface area contributed by atoms with Gasteiger partial charge in [0.15, 0.2) is 0 Å². The smallest absolute Gasteiger partial charge is 0.248 e. The van der Waals surface area contributed by atoms with Gasteiger partial charge in [0.05, 0.1) is 11.4 Å². The van der Waals surface area contributed by atoms with Gasteiger partial charge in [-0.2, -0.15) is 5.10 Å². The second-order valence-electron chi connectivity index (χ2n) is 6.52. The zero-order chi connectivity index (χ0) is 17.4. The van der Waals surface area contributed by atoms with Gasteiger partial charge in [0.2, 0.25) is 11.8 Å². The molecule has 0 saturated carbocycles. The van der Waals surface area contributed by atoms with Crippen LogP contribution in [-0.4, -0.2) is 17.5 Å². The lowest BCUT2D eigenvalue weighted by Crippen LogP contribution is -2.39. The van der Waals surface area contributed by atoms with E-state index in [9.17, 15) is 9.59 Å². The first-order chi connectivity index (χ1) is 12.1. The fourth-order valence-electron chi connectivity index (χ4n) is 3.57. The van der Waals surface area contributed by atoms with E-state index >= 15 is 0 Å². The fourth-order valence-corrected chi connectivity index (χ4v) is 3.57. The highest BCUT2D eigenvalue weighted by molar-refractivity contribution is 6.12. The molecular formula is C20H19N3O2. The van der Waals surface area contributed by atoms with Crippen LogP contribution in [0.25, 0.3) is 0 Å². The Morgan fingerprint density at radius 2 is 2.00 bits per heavy atom. The first-order valence-corrected chi connectivity index (χ1v) is 8.49. The molecule has 0 bridgehead atoms. The van der Waals surface area contributed by atoms with Crippen LogP contribution in [0.1, 0.15) is 30.9 Å². The van der Waals surface area contributed by atoms with Crippen LogP contribution in [-0.2, 0) is 16.0 Å². The third-order valence-corrected chi connectivity index (χ3v) is 4.72. The average molecular weight is 333 g/mol. The number of aryl methyl sites for hydroxylation is 1. The van der Waals surface area contributed by atoms with Crippen LogP contribution in [0.2, 0.25) is 0 Å². The standard InChI is InChI=1S/C20H19N3O2/c1-13(24)21-16-10-9-14-7-8-15-11-19(25)23(17-5-3-2-4-6-17)22-20(15)18(14)12-16/h2-6,9-10,12,15H,7-8,11H2,1H3,(H,21,24). The lowest BCUT2D eigenvalue weighted by molar-refractivity contribution is -0.119. The SMILES string of the molecule is CC(=O)Nc1ccc2c(c1)C1=NN(c3ccccc3)C(=O)CC1CC2. The molecule has 1 atom stereocenters. The van der Waals surface area contributed by atoms with Crippen molar-refractivity contribution in [3.63, 3.8) is 0 Å². The number of nitrogens with one attached hydrogen (secondary N) is 1. The first kappa shape index (κ1) is 15.6. The molecule has 1 heterocycles. The molecule has 0 radical (unpaired) electrons. The van der Waals surface area contributed by atoms with Gasteiger partial charge in [0.1, 0.15) is 0 Å². The van der Waals surface area contributed by atoms with Crippen LogP contribution in [0, 0.1) is 5.92 Å². The Kier molecular flexibility index (Phi) is 3.84. The van der Waals surface area contributed by atoms with Gasteiger partial charge in [-0.15, -0.1) is 0 Å². The highest BCUT2D eigenvalue weighted by Gasteiger charge is 2.34. The molecule has 1 aliphatic carbocycles. The predicted octanol–water partition coefficient (Wildman–Crippen LogP) is 3.35. The Bertz CT molecular complexity index is 874. The average Bonchev–Trinajstić information content (AvgIpc) is 2.61. The number of nitrogens with zero attached hydrogens (tertiary/aromatic N) is 2. The highest BCUT2D eigenvalue weighted by atomic mass is 16.2. The van der Waals surface area contributed by atoms with Gasteiger partial charge in [-0.3, -0.25) is 9.59 Å². The Morgan fingerprint density at radius 1 is 1.20 bits per heavy atom. The minimum Gasteiger partial charge on any atom is -0.326 e. The molecule has 0 fully saturated rings. The normalized spacial score (nSPS) is 18.9. The quantitative estimate of drug-likeness (QED) is 0.916. The molecule has 1 N–H and O–H groups in total. The minimum atomic E-state index is -0.0982. The molecule has 1 aliphatic heterocycles. The maximum Gasteiger partial charge on any atom is 0.248 e. The first-order valence-electron chi connectivity index (χ1n) is 8.49. The summed E-state index contributed by atoms with van der Waals surface area (Å²) in [5, 5.41) is 9.04. The second-order valence-corrected chi connectivity index (χ2v) is 6.52. The number of amides is 2. The molecule has 126 valence electrons. The van der Waals surface area contributed by atoms with Gasteiger partial charge in [-0.25, -0.2) is 5.01 Å². The van der Waals surface area contributed by atoms with Crippen LogP contribution >= 0.6 is 0 Å². The van der Waals surface area contributed by atoms with E-state index in [1.165, 1.54) is 17.5 Å². The zero-order valence-corrected chi connectivity index (χ0v) is 14.0. The largest absolute Gasteiger partial charge is 0.326 e. The number of benzene rings is 2. The van der Waals surface area contributed by atoms with E-state index in [-0.39, 0.29) is 17.7 Å². The van der Waals surface area contributed by atoms with Crippen molar-refractivity contribution in [3.05, 3.63) is 59.7 Å². The molecular weight excluding hydrogens is 314 g/mol. The van der Waals surface area contributed by atoms with Crippen LogP contribution in [0.15, 0.2) is 53.6 Å². The third kappa shape index (κ3) is 2.93. The Hall–Kier alpha value is -2.95. The summed E-state index contributed by atoms with van der Waals surface area (Å²) in [6, 6.07) is 15.4. The molecule has 0 saturated heterocycles. The summed E-state index contributed by atoms with van der Waals surface area (Å²) in [6.07, 6.45) is 2.33. The second kappa shape index (κ2) is 6.16. The van der Waals surface area contributed by atoms with Gasteiger partial charge in [0, 0.05) is 30.5 Å². The molecule has 25 heavy (non-hydrogen) atoms. The maximum atomic E-state index is 12.5. The van der Waals surface area contributed by atoms with Crippen molar-refractivity contribution < 1.29 is 9.59 Å². The number of fused-ring (bicyclic) bond motifs is 3. The molecule has 0 spiro atoms. The van der Waals surface area contributed by atoms with Crippen LogP contribution in [0.3, 0.4) is 0 Å². The fraction of sp³-hybridized carbons (Fsp3) is 0.250. The molecule has 0 aromatic heterocycles. The number of anilines is 2. The van der Waals surface area contributed by atoms with Crippen molar-refractivity contribution in [1.82, 2.24) is 0 Å². The number of para-hydroxylation sites is 1. The van der Waals surface area contributed by atoms with Crippen molar-refractivity contribution in [3.8, 4) is 0 Å². The summed E-state index contributed by atoms with van der Waals surface area (Å²) in [5.74, 6) is 0.0768. The highest BCUT2D eigenvalue weighted by Crippen LogP contribution is 2.34. The Labute approximate surface area is 146 Å². The number of hydrogen-bond acceptors (Lipinski definition) is 3. The lowest BCUT2D eigenvalue weighted by Gasteiger charge is -2.33. The summed E-state index contributed by atoms with van der Waals surface area (Å²) in [7, 11) is 0. The van der Waals surface area contributed by atoms with Crippen LogP contribution in [0.5, 0.6) is 0 Å². The number of rotatable bonds is 2. The molecule has 5 nitrogen and oxygen atoms in total. The van der Waals surface area contributed by atoms with Gasteiger partial charge in [-0.05, 0) is 42.7 Å². The van der Waals surface area contributed by atoms with E-state index in [1.54, 1.807) is 0 Å². The van der Waals surface area contributed by atoms with E-state index in [4.69, 9.17) is 5.10 Å². The van der Waals surface area contributed by atoms with E-state index < -0.39 is 0 Å². The van der Waals surface area contributed by atoms with E-state index in [0.29, 0.717) is 6.42 Å². The predicted molar refractivity (Wildman–Crippen MR) is 97.6 cm³/mol. The minimum absolute atomic E-state index is 0.0291. The van der Waals surface area contributed by atoms with E-state index in [1.807, 2.05) is 48.5 Å². The molecule has 2 aliphatic rings. The molecule has 4 rings (SSSR count). The number of carbonyl (C=O) groups excluding carboxylic acids is 2. The van der Waals surface area contributed by atoms with Crippen molar-refractivity contribution in [2.75, 3.05) is 10.3 Å². The van der Waals surface area contributed by atoms with E-state index in [0.717, 1.165) is 35.5 Å².